The number of amides is 1. The number of hydrogen-bond donors (Lipinski definition) is 4. The molecule has 0 aliphatic carbocycles. The second-order valence-corrected chi connectivity index (χ2v) is 4.12. The van der Waals surface area contributed by atoms with Gasteiger partial charge in [-0.05, 0) is 12.3 Å². The zero-order valence-corrected chi connectivity index (χ0v) is 9.90. The lowest BCUT2D eigenvalue weighted by Crippen LogP contribution is -2.18. The van der Waals surface area contributed by atoms with Crippen molar-refractivity contribution in [2.45, 2.75) is 26.7 Å². The summed E-state index contributed by atoms with van der Waals surface area (Å²) in [6.45, 7) is 4.09. The van der Waals surface area contributed by atoms with E-state index in [1.807, 2.05) is 13.8 Å². The molecule has 0 radical (unpaired) electrons. The van der Waals surface area contributed by atoms with E-state index in [1.54, 1.807) is 0 Å². The van der Waals surface area contributed by atoms with Gasteiger partial charge in [0.25, 0.3) is 0 Å². The summed E-state index contributed by atoms with van der Waals surface area (Å²) in [5.41, 5.74) is 5.79. The minimum atomic E-state index is -0.130. The Balaban J connectivity index is 2.63. The summed E-state index contributed by atoms with van der Waals surface area (Å²) in [6.07, 6.45) is 2.61. The van der Waals surface area contributed by atoms with E-state index in [9.17, 15) is 4.79 Å². The molecular formula is C10H17N5O2. The van der Waals surface area contributed by atoms with Crippen LogP contribution >= 0.6 is 0 Å². The van der Waals surface area contributed by atoms with Crippen molar-refractivity contribution in [1.29, 1.82) is 0 Å². The summed E-state index contributed by atoms with van der Waals surface area (Å²) in [4.78, 5) is 11.6. The van der Waals surface area contributed by atoms with Crippen molar-refractivity contribution in [1.82, 2.24) is 10.2 Å². The monoisotopic (exact) mass is 239 g/mol. The summed E-state index contributed by atoms with van der Waals surface area (Å²) in [5.74, 6) is 0.577. The molecule has 0 aromatic carbocycles. The molecule has 1 aromatic heterocycles. The summed E-state index contributed by atoms with van der Waals surface area (Å²) >= 11 is 0. The molecule has 5 N–H and O–H groups in total. The van der Waals surface area contributed by atoms with Crippen LogP contribution in [-0.4, -0.2) is 27.1 Å². The van der Waals surface area contributed by atoms with Crippen molar-refractivity contribution in [3.05, 3.63) is 11.8 Å². The second kappa shape index (κ2) is 5.88. The number of nitrogens with zero attached hydrogens (tertiary/aromatic N) is 2. The first-order valence-corrected chi connectivity index (χ1v) is 5.35. The molecule has 0 aliphatic rings. The van der Waals surface area contributed by atoms with E-state index in [1.165, 1.54) is 6.20 Å². The average molecular weight is 239 g/mol. The van der Waals surface area contributed by atoms with Crippen LogP contribution in [-0.2, 0) is 4.79 Å². The highest BCUT2D eigenvalue weighted by Gasteiger charge is 2.12. The highest BCUT2D eigenvalue weighted by Crippen LogP contribution is 2.12. The number of nitrogens with two attached hydrogens (primary N) is 1. The maximum atomic E-state index is 11.6. The molecule has 0 aliphatic heterocycles. The van der Waals surface area contributed by atoms with E-state index >= 15 is 0 Å². The number of anilines is 1. The Morgan fingerprint density at radius 3 is 3.00 bits per heavy atom. The fraction of sp³-hybridized carbons (Fsp3) is 0.500. The third-order valence-electron chi connectivity index (χ3n) is 2.24. The van der Waals surface area contributed by atoms with Gasteiger partial charge in [0.2, 0.25) is 5.91 Å². The van der Waals surface area contributed by atoms with Crippen LogP contribution in [0.15, 0.2) is 11.4 Å². The number of aromatic amines is 1. The number of H-pyrrole nitrogens is 1. The number of aromatic nitrogens is 2. The number of amidine groups is 1. The molecule has 1 amide bonds. The number of oxime groups is 1. The highest BCUT2D eigenvalue weighted by molar-refractivity contribution is 6.04. The van der Waals surface area contributed by atoms with Crippen LogP contribution in [0.3, 0.4) is 0 Å². The Morgan fingerprint density at radius 1 is 1.71 bits per heavy atom. The first kappa shape index (κ1) is 13.0. The lowest BCUT2D eigenvalue weighted by molar-refractivity contribution is -0.116. The van der Waals surface area contributed by atoms with E-state index in [0.717, 1.165) is 6.42 Å². The summed E-state index contributed by atoms with van der Waals surface area (Å²) in [7, 11) is 0. The largest absolute Gasteiger partial charge is 0.409 e. The van der Waals surface area contributed by atoms with Gasteiger partial charge in [0, 0.05) is 6.42 Å². The first-order chi connectivity index (χ1) is 8.04. The maximum absolute atomic E-state index is 11.6. The predicted octanol–water partition coefficient (Wildman–Crippen LogP) is 0.879. The standard InChI is InChI=1S/C10H17N5O2/c1-6(2)3-4-8(16)13-10-7(5-12-14-10)9(11)15-17/h5-6,17H,3-4H2,1-2H3,(H2,11,15)(H2,12,13,14,16). The van der Waals surface area contributed by atoms with Crippen molar-refractivity contribution >= 4 is 17.6 Å². The molecule has 1 heterocycles. The Morgan fingerprint density at radius 2 is 2.41 bits per heavy atom. The van der Waals surface area contributed by atoms with E-state index in [4.69, 9.17) is 10.9 Å². The van der Waals surface area contributed by atoms with E-state index in [-0.39, 0.29) is 11.7 Å². The topological polar surface area (TPSA) is 116 Å². The van der Waals surface area contributed by atoms with Crippen LogP contribution in [0, 0.1) is 5.92 Å². The van der Waals surface area contributed by atoms with Gasteiger partial charge in [0.15, 0.2) is 5.84 Å². The molecule has 17 heavy (non-hydrogen) atoms. The number of carbonyl (C=O) groups excluding carboxylic acids is 1. The van der Waals surface area contributed by atoms with E-state index in [2.05, 4.69) is 20.7 Å². The Labute approximate surface area is 99.1 Å². The van der Waals surface area contributed by atoms with Gasteiger partial charge in [-0.2, -0.15) is 5.10 Å². The molecule has 0 bridgehead atoms. The molecule has 7 nitrogen and oxygen atoms in total. The Bertz CT molecular complexity index is 411. The van der Waals surface area contributed by atoms with Crippen molar-refractivity contribution < 1.29 is 10.0 Å². The van der Waals surface area contributed by atoms with Crippen LogP contribution in [0.25, 0.3) is 0 Å². The molecule has 0 saturated carbocycles. The zero-order chi connectivity index (χ0) is 12.8. The van der Waals surface area contributed by atoms with Gasteiger partial charge in [-0.1, -0.05) is 19.0 Å². The molecule has 7 heteroatoms. The van der Waals surface area contributed by atoms with Crippen molar-refractivity contribution in [3.63, 3.8) is 0 Å². The number of hydrogen-bond acceptors (Lipinski definition) is 4. The molecule has 1 aromatic rings. The molecule has 0 fully saturated rings. The van der Waals surface area contributed by atoms with Gasteiger partial charge in [-0.15, -0.1) is 0 Å². The normalized spacial score (nSPS) is 11.8. The van der Waals surface area contributed by atoms with Gasteiger partial charge in [-0.25, -0.2) is 0 Å². The summed E-state index contributed by atoms with van der Waals surface area (Å²) < 4.78 is 0. The molecule has 0 saturated heterocycles. The highest BCUT2D eigenvalue weighted by atomic mass is 16.4. The van der Waals surface area contributed by atoms with Crippen LogP contribution in [0.1, 0.15) is 32.3 Å². The molecule has 1 rings (SSSR count). The van der Waals surface area contributed by atoms with Crippen molar-refractivity contribution in [2.75, 3.05) is 5.32 Å². The number of carbonyl (C=O) groups is 1. The molecular weight excluding hydrogens is 222 g/mol. The van der Waals surface area contributed by atoms with Crippen molar-refractivity contribution in [2.24, 2.45) is 16.8 Å². The Hall–Kier alpha value is -2.05. The van der Waals surface area contributed by atoms with Crippen molar-refractivity contribution in [3.8, 4) is 0 Å². The smallest absolute Gasteiger partial charge is 0.225 e. The van der Waals surface area contributed by atoms with Crippen LogP contribution < -0.4 is 11.1 Å². The van der Waals surface area contributed by atoms with Gasteiger partial charge in [0.05, 0.1) is 11.8 Å². The lowest BCUT2D eigenvalue weighted by atomic mass is 10.1. The molecule has 94 valence electrons. The minimum absolute atomic E-state index is 0.0992. The quantitative estimate of drug-likeness (QED) is 0.264. The molecule has 0 atom stereocenters. The molecule has 0 unspecified atom stereocenters. The molecule has 0 spiro atoms. The number of rotatable bonds is 5. The third-order valence-corrected chi connectivity index (χ3v) is 2.24. The maximum Gasteiger partial charge on any atom is 0.225 e. The predicted molar refractivity (Wildman–Crippen MR) is 63.8 cm³/mol. The number of nitrogens with one attached hydrogen (secondary N) is 2. The second-order valence-electron chi connectivity index (χ2n) is 4.12. The van der Waals surface area contributed by atoms with Gasteiger partial charge >= 0.3 is 0 Å². The average Bonchev–Trinajstić information content (AvgIpc) is 2.73. The zero-order valence-electron chi connectivity index (χ0n) is 9.90. The van der Waals surface area contributed by atoms with Gasteiger partial charge in [0.1, 0.15) is 5.82 Å². The fourth-order valence-electron chi connectivity index (χ4n) is 1.25. The first-order valence-electron chi connectivity index (χ1n) is 5.35. The van der Waals surface area contributed by atoms with Crippen LogP contribution in [0.4, 0.5) is 5.82 Å². The SMILES string of the molecule is CC(C)CCC(=O)Nc1[nH]ncc1/C(N)=N/O. The third kappa shape index (κ3) is 3.78. The van der Waals surface area contributed by atoms with Crippen LogP contribution in [0.2, 0.25) is 0 Å². The van der Waals surface area contributed by atoms with Crippen LogP contribution in [0.5, 0.6) is 0 Å². The summed E-state index contributed by atoms with van der Waals surface area (Å²) in [6, 6.07) is 0. The van der Waals surface area contributed by atoms with E-state index in [0.29, 0.717) is 23.7 Å². The van der Waals surface area contributed by atoms with Gasteiger partial charge < -0.3 is 16.3 Å². The minimum Gasteiger partial charge on any atom is -0.409 e. The van der Waals surface area contributed by atoms with E-state index < -0.39 is 0 Å². The lowest BCUT2D eigenvalue weighted by Gasteiger charge is -2.06. The fourth-order valence-corrected chi connectivity index (χ4v) is 1.25. The van der Waals surface area contributed by atoms with Gasteiger partial charge in [-0.3, -0.25) is 9.89 Å². The summed E-state index contributed by atoms with van der Waals surface area (Å²) in [5, 5.41) is 20.4. The Kier molecular flexibility index (Phi) is 4.50.